The Hall–Kier alpha value is -2.48. The number of hydrogen-bond acceptors (Lipinski definition) is 7. The number of ether oxygens (including phenoxy) is 1. The van der Waals surface area contributed by atoms with E-state index < -0.39 is 6.17 Å². The summed E-state index contributed by atoms with van der Waals surface area (Å²) >= 11 is 0. The fourth-order valence-corrected chi connectivity index (χ4v) is 3.21. The van der Waals surface area contributed by atoms with Crippen LogP contribution in [0.2, 0.25) is 0 Å². The van der Waals surface area contributed by atoms with Gasteiger partial charge in [-0.1, -0.05) is 6.92 Å². The van der Waals surface area contributed by atoms with E-state index in [0.717, 1.165) is 31.2 Å². The summed E-state index contributed by atoms with van der Waals surface area (Å²) < 4.78 is 18.9. The molecule has 2 heterocycles. The number of rotatable bonds is 8. The molecule has 2 aromatic rings. The highest BCUT2D eigenvalue weighted by Crippen LogP contribution is 2.30. The van der Waals surface area contributed by atoms with E-state index in [4.69, 9.17) is 4.74 Å². The third-order valence-corrected chi connectivity index (χ3v) is 4.99. The number of aliphatic hydroxyl groups is 1. The van der Waals surface area contributed by atoms with Crippen molar-refractivity contribution < 1.29 is 14.2 Å². The largest absolute Gasteiger partial charge is 0.497 e. The SMILES string of the molecule is CC[C@H](F)CNc1ncc(-c2cc(OC)ccn2)c(NC2CCC(O)CC2)n1. The first-order valence-corrected chi connectivity index (χ1v) is 9.79. The van der Waals surface area contributed by atoms with Gasteiger partial charge in [0.25, 0.3) is 0 Å². The van der Waals surface area contributed by atoms with Crippen molar-refractivity contribution in [3.63, 3.8) is 0 Å². The van der Waals surface area contributed by atoms with Crippen LogP contribution in [0.25, 0.3) is 11.3 Å². The van der Waals surface area contributed by atoms with Crippen LogP contribution in [0.1, 0.15) is 39.0 Å². The second-order valence-electron chi connectivity index (χ2n) is 7.07. The molecular formula is C20H28FN5O2. The van der Waals surface area contributed by atoms with Gasteiger partial charge in [0.1, 0.15) is 17.7 Å². The van der Waals surface area contributed by atoms with Gasteiger partial charge in [-0.3, -0.25) is 4.98 Å². The highest BCUT2D eigenvalue weighted by atomic mass is 19.1. The summed E-state index contributed by atoms with van der Waals surface area (Å²) in [6, 6.07) is 3.82. The molecule has 1 aliphatic rings. The number of nitrogens with zero attached hydrogens (tertiary/aromatic N) is 3. The minimum Gasteiger partial charge on any atom is -0.497 e. The lowest BCUT2D eigenvalue weighted by atomic mass is 9.93. The number of aliphatic hydroxyl groups excluding tert-OH is 1. The van der Waals surface area contributed by atoms with E-state index in [9.17, 15) is 9.50 Å². The smallest absolute Gasteiger partial charge is 0.224 e. The standard InChI is InChI=1S/C20H28FN5O2/c1-3-13(21)11-23-20-24-12-17(18-10-16(28-2)8-9-22-18)19(26-20)25-14-4-6-15(27)7-5-14/h8-10,12-15,27H,3-7,11H2,1-2H3,(H2,23,24,25,26)/t13-,14?,15?/m0/s1. The number of halogens is 1. The van der Waals surface area contributed by atoms with Crippen LogP contribution < -0.4 is 15.4 Å². The van der Waals surface area contributed by atoms with E-state index in [0.29, 0.717) is 29.6 Å². The van der Waals surface area contributed by atoms with Crippen LogP contribution in [0, 0.1) is 0 Å². The third kappa shape index (κ3) is 5.28. The first-order chi connectivity index (χ1) is 13.6. The number of nitrogens with one attached hydrogen (secondary N) is 2. The van der Waals surface area contributed by atoms with Gasteiger partial charge in [-0.15, -0.1) is 0 Å². The Balaban J connectivity index is 1.86. The molecule has 1 saturated carbocycles. The molecule has 1 fully saturated rings. The molecule has 8 heteroatoms. The maximum Gasteiger partial charge on any atom is 0.224 e. The Morgan fingerprint density at radius 3 is 2.79 bits per heavy atom. The molecule has 28 heavy (non-hydrogen) atoms. The molecule has 3 rings (SSSR count). The van der Waals surface area contributed by atoms with Gasteiger partial charge in [0.2, 0.25) is 5.95 Å². The van der Waals surface area contributed by atoms with Gasteiger partial charge >= 0.3 is 0 Å². The van der Waals surface area contributed by atoms with E-state index >= 15 is 0 Å². The van der Waals surface area contributed by atoms with E-state index in [-0.39, 0.29) is 18.7 Å². The van der Waals surface area contributed by atoms with Gasteiger partial charge in [0.15, 0.2) is 0 Å². The number of aromatic nitrogens is 3. The van der Waals surface area contributed by atoms with Crippen molar-refractivity contribution in [3.05, 3.63) is 24.5 Å². The summed E-state index contributed by atoms with van der Waals surface area (Å²) in [6.45, 7) is 1.97. The van der Waals surface area contributed by atoms with Crippen molar-refractivity contribution in [2.45, 2.75) is 57.3 Å². The van der Waals surface area contributed by atoms with Crippen molar-refractivity contribution in [1.82, 2.24) is 15.0 Å². The van der Waals surface area contributed by atoms with E-state index in [1.54, 1.807) is 32.5 Å². The molecule has 0 saturated heterocycles. The van der Waals surface area contributed by atoms with Gasteiger partial charge in [0.05, 0.1) is 24.5 Å². The summed E-state index contributed by atoms with van der Waals surface area (Å²) in [4.78, 5) is 13.3. The van der Waals surface area contributed by atoms with Crippen molar-refractivity contribution in [3.8, 4) is 17.0 Å². The quantitative estimate of drug-likeness (QED) is 0.637. The fourth-order valence-electron chi connectivity index (χ4n) is 3.21. The highest BCUT2D eigenvalue weighted by molar-refractivity contribution is 5.73. The number of methoxy groups -OCH3 is 1. The summed E-state index contributed by atoms with van der Waals surface area (Å²) in [5.41, 5.74) is 1.45. The van der Waals surface area contributed by atoms with Crippen molar-refractivity contribution >= 4 is 11.8 Å². The Kier molecular flexibility index (Phi) is 6.97. The lowest BCUT2D eigenvalue weighted by Crippen LogP contribution is -2.29. The molecule has 0 aromatic carbocycles. The van der Waals surface area contributed by atoms with Gasteiger partial charge < -0.3 is 20.5 Å². The summed E-state index contributed by atoms with van der Waals surface area (Å²) in [5.74, 6) is 1.72. The molecule has 3 N–H and O–H groups in total. The fraction of sp³-hybridized carbons (Fsp3) is 0.550. The van der Waals surface area contributed by atoms with E-state index in [1.165, 1.54) is 0 Å². The number of alkyl halides is 1. The molecule has 1 aliphatic carbocycles. The summed E-state index contributed by atoms with van der Waals surface area (Å²) in [5, 5.41) is 16.2. The maximum atomic E-state index is 13.6. The second-order valence-corrected chi connectivity index (χ2v) is 7.07. The zero-order chi connectivity index (χ0) is 19.9. The van der Waals surface area contributed by atoms with Crippen LogP contribution in [0.15, 0.2) is 24.5 Å². The van der Waals surface area contributed by atoms with Gasteiger partial charge in [-0.25, -0.2) is 9.37 Å². The number of anilines is 2. The Morgan fingerprint density at radius 2 is 2.07 bits per heavy atom. The third-order valence-electron chi connectivity index (χ3n) is 4.99. The molecule has 0 spiro atoms. The average molecular weight is 389 g/mol. The minimum absolute atomic E-state index is 0.169. The zero-order valence-electron chi connectivity index (χ0n) is 16.4. The van der Waals surface area contributed by atoms with Gasteiger partial charge in [-0.05, 0) is 38.2 Å². The normalized spacial score (nSPS) is 20.4. The molecule has 0 radical (unpaired) electrons. The van der Waals surface area contributed by atoms with Crippen LogP contribution >= 0.6 is 0 Å². The first-order valence-electron chi connectivity index (χ1n) is 9.79. The van der Waals surface area contributed by atoms with E-state index in [2.05, 4.69) is 25.6 Å². The predicted molar refractivity (Wildman–Crippen MR) is 107 cm³/mol. The molecule has 0 unspecified atom stereocenters. The number of hydrogen-bond donors (Lipinski definition) is 3. The zero-order valence-corrected chi connectivity index (χ0v) is 16.4. The molecular weight excluding hydrogens is 361 g/mol. The maximum absolute atomic E-state index is 13.6. The van der Waals surface area contributed by atoms with Crippen LogP contribution in [0.5, 0.6) is 5.75 Å². The first kappa shape index (κ1) is 20.3. The molecule has 0 bridgehead atoms. The Labute approximate surface area is 164 Å². The topological polar surface area (TPSA) is 92.2 Å². The van der Waals surface area contributed by atoms with Crippen LogP contribution in [0.3, 0.4) is 0 Å². The van der Waals surface area contributed by atoms with Gasteiger partial charge in [0, 0.05) is 31.0 Å². The minimum atomic E-state index is -0.945. The molecule has 1 atom stereocenters. The molecule has 152 valence electrons. The van der Waals surface area contributed by atoms with Crippen LogP contribution in [0.4, 0.5) is 16.2 Å². The molecule has 2 aromatic heterocycles. The predicted octanol–water partition coefficient (Wildman–Crippen LogP) is 3.42. The Bertz CT molecular complexity index is 768. The molecule has 7 nitrogen and oxygen atoms in total. The lowest BCUT2D eigenvalue weighted by Gasteiger charge is -2.27. The Morgan fingerprint density at radius 1 is 1.29 bits per heavy atom. The highest BCUT2D eigenvalue weighted by Gasteiger charge is 2.21. The molecule has 0 amide bonds. The monoisotopic (exact) mass is 389 g/mol. The molecule has 0 aliphatic heterocycles. The van der Waals surface area contributed by atoms with Crippen molar-refractivity contribution in [1.29, 1.82) is 0 Å². The lowest BCUT2D eigenvalue weighted by molar-refractivity contribution is 0.126. The van der Waals surface area contributed by atoms with Crippen molar-refractivity contribution in [2.75, 3.05) is 24.3 Å². The second kappa shape index (κ2) is 9.64. The van der Waals surface area contributed by atoms with Crippen molar-refractivity contribution in [2.24, 2.45) is 0 Å². The summed E-state index contributed by atoms with van der Waals surface area (Å²) in [7, 11) is 1.61. The van der Waals surface area contributed by atoms with Crippen LogP contribution in [-0.4, -0.2) is 52.0 Å². The van der Waals surface area contributed by atoms with Crippen LogP contribution in [-0.2, 0) is 0 Å². The summed E-state index contributed by atoms with van der Waals surface area (Å²) in [6.07, 6.45) is 5.89. The average Bonchev–Trinajstić information content (AvgIpc) is 2.73. The van der Waals surface area contributed by atoms with E-state index in [1.807, 2.05) is 6.07 Å². The van der Waals surface area contributed by atoms with Gasteiger partial charge in [-0.2, -0.15) is 4.98 Å². The number of pyridine rings is 1.